The van der Waals surface area contributed by atoms with Crippen molar-refractivity contribution in [3.63, 3.8) is 0 Å². The van der Waals surface area contributed by atoms with E-state index >= 15 is 0 Å². The molecule has 46 heavy (non-hydrogen) atoms. The highest BCUT2D eigenvalue weighted by Gasteiger charge is 2.24. The third kappa shape index (κ3) is 27.3. The molecule has 0 amide bonds. The van der Waals surface area contributed by atoms with Crippen molar-refractivity contribution >= 4 is 0 Å². The van der Waals surface area contributed by atoms with Gasteiger partial charge in [-0.25, -0.2) is 0 Å². The van der Waals surface area contributed by atoms with Crippen molar-refractivity contribution in [1.82, 2.24) is 9.80 Å². The van der Waals surface area contributed by atoms with Crippen molar-refractivity contribution in [2.75, 3.05) is 13.1 Å². The van der Waals surface area contributed by atoms with Gasteiger partial charge in [0, 0.05) is 25.5 Å². The molecule has 1 heterocycles. The van der Waals surface area contributed by atoms with Gasteiger partial charge in [0.05, 0.1) is 0 Å². The zero-order valence-electron chi connectivity index (χ0n) is 32.5. The number of hydrogen-bond acceptors (Lipinski definition) is 2. The molecule has 1 aliphatic heterocycles. The van der Waals surface area contributed by atoms with E-state index in [1.54, 1.807) is 0 Å². The summed E-state index contributed by atoms with van der Waals surface area (Å²) < 4.78 is 0. The average Bonchev–Trinajstić information content (AvgIpc) is 3.44. The lowest BCUT2D eigenvalue weighted by molar-refractivity contribution is 0.137. The lowest BCUT2D eigenvalue weighted by Gasteiger charge is -2.33. The van der Waals surface area contributed by atoms with Crippen LogP contribution in [-0.2, 0) is 0 Å². The van der Waals surface area contributed by atoms with Crippen LogP contribution in [0.3, 0.4) is 0 Å². The van der Waals surface area contributed by atoms with Gasteiger partial charge in [-0.3, -0.25) is 0 Å². The summed E-state index contributed by atoms with van der Waals surface area (Å²) in [6.07, 6.45) is 57.6. The minimum Gasteiger partial charge on any atom is -0.356 e. The Morgan fingerprint density at radius 3 is 0.848 bits per heavy atom. The largest absolute Gasteiger partial charge is 0.356 e. The number of unbranched alkanes of at least 4 members (excludes halogenated alkanes) is 32. The van der Waals surface area contributed by atoms with Crippen LogP contribution >= 0.6 is 0 Å². The van der Waals surface area contributed by atoms with Crippen molar-refractivity contribution in [3.05, 3.63) is 12.4 Å². The summed E-state index contributed by atoms with van der Waals surface area (Å²) in [6, 6.07) is 0. The SMILES string of the molecule is CCCCCCCCCCCCCCCCCCCC1N(CCC)C=CN1CCCCCCCCCCCCCCCCCCC. The Balaban J connectivity index is 1.93. The highest BCUT2D eigenvalue weighted by atomic mass is 15.4. The molecule has 1 atom stereocenters. The molecule has 0 saturated carbocycles. The molecule has 0 radical (unpaired) electrons. The van der Waals surface area contributed by atoms with Crippen LogP contribution in [0.2, 0.25) is 0 Å². The molecule has 0 aliphatic carbocycles. The van der Waals surface area contributed by atoms with Gasteiger partial charge in [0.1, 0.15) is 6.17 Å². The normalized spacial score (nSPS) is 14.7. The Hall–Kier alpha value is -0.660. The lowest BCUT2D eigenvalue weighted by atomic mass is 10.0. The van der Waals surface area contributed by atoms with Crippen LogP contribution in [0.4, 0.5) is 0 Å². The molecule has 2 nitrogen and oxygen atoms in total. The van der Waals surface area contributed by atoms with Crippen LogP contribution in [0, 0.1) is 0 Å². The summed E-state index contributed by atoms with van der Waals surface area (Å²) in [6.45, 7) is 9.44. The molecular formula is C44H88N2. The minimum absolute atomic E-state index is 0.636. The first-order valence-electron chi connectivity index (χ1n) is 22.0. The monoisotopic (exact) mass is 645 g/mol. The predicted octanol–water partition coefficient (Wildman–Crippen LogP) is 15.5. The Bertz CT molecular complexity index is 601. The quantitative estimate of drug-likeness (QED) is 0.0617. The fourth-order valence-electron chi connectivity index (χ4n) is 7.67. The van der Waals surface area contributed by atoms with E-state index in [4.69, 9.17) is 0 Å². The fourth-order valence-corrected chi connectivity index (χ4v) is 7.67. The predicted molar refractivity (Wildman–Crippen MR) is 210 cm³/mol. The Morgan fingerprint density at radius 1 is 0.283 bits per heavy atom. The van der Waals surface area contributed by atoms with E-state index in [-0.39, 0.29) is 0 Å². The van der Waals surface area contributed by atoms with E-state index in [2.05, 4.69) is 43.0 Å². The first kappa shape index (κ1) is 43.4. The molecule has 0 saturated heterocycles. The maximum atomic E-state index is 2.69. The maximum absolute atomic E-state index is 2.69. The zero-order chi connectivity index (χ0) is 33.0. The van der Waals surface area contributed by atoms with E-state index in [1.165, 1.54) is 244 Å². The lowest BCUT2D eigenvalue weighted by Crippen LogP contribution is -2.39. The van der Waals surface area contributed by atoms with Crippen molar-refractivity contribution in [3.8, 4) is 0 Å². The van der Waals surface area contributed by atoms with Gasteiger partial charge < -0.3 is 9.80 Å². The van der Waals surface area contributed by atoms with Crippen molar-refractivity contribution < 1.29 is 0 Å². The van der Waals surface area contributed by atoms with Gasteiger partial charge >= 0.3 is 0 Å². The van der Waals surface area contributed by atoms with E-state index in [0.717, 1.165) is 0 Å². The van der Waals surface area contributed by atoms with E-state index in [0.29, 0.717) is 6.17 Å². The third-order valence-corrected chi connectivity index (χ3v) is 10.8. The van der Waals surface area contributed by atoms with Gasteiger partial charge in [0.2, 0.25) is 0 Å². The van der Waals surface area contributed by atoms with E-state index in [9.17, 15) is 0 Å². The van der Waals surface area contributed by atoms with Crippen LogP contribution in [0.1, 0.15) is 252 Å². The molecule has 0 aromatic rings. The van der Waals surface area contributed by atoms with E-state index in [1.807, 2.05) is 0 Å². The third-order valence-electron chi connectivity index (χ3n) is 10.8. The van der Waals surface area contributed by atoms with E-state index < -0.39 is 0 Å². The standard InChI is InChI=1S/C44H88N2/c1-4-7-9-11-13-15-17-19-21-23-25-27-29-31-33-35-37-39-44-45(40-6-3)42-43-46(44)41-38-36-34-32-30-28-26-24-22-20-18-16-14-12-10-8-5-2/h42-44H,4-41H2,1-3H3. The van der Waals surface area contributed by atoms with Crippen molar-refractivity contribution in [1.29, 1.82) is 0 Å². The first-order chi connectivity index (χ1) is 22.8. The van der Waals surface area contributed by atoms with Crippen LogP contribution in [-0.4, -0.2) is 29.1 Å². The van der Waals surface area contributed by atoms with Gasteiger partial charge in [0.15, 0.2) is 0 Å². The number of rotatable bonds is 38. The molecule has 1 unspecified atom stereocenters. The second-order valence-corrected chi connectivity index (χ2v) is 15.4. The van der Waals surface area contributed by atoms with Gasteiger partial charge in [-0.15, -0.1) is 0 Å². The Morgan fingerprint density at radius 2 is 0.543 bits per heavy atom. The minimum atomic E-state index is 0.636. The molecule has 0 aromatic heterocycles. The summed E-state index contributed by atoms with van der Waals surface area (Å²) in [5.74, 6) is 0. The molecular weight excluding hydrogens is 556 g/mol. The maximum Gasteiger partial charge on any atom is 0.101 e. The topological polar surface area (TPSA) is 6.48 Å². The van der Waals surface area contributed by atoms with Gasteiger partial charge in [0.25, 0.3) is 0 Å². The summed E-state index contributed by atoms with van der Waals surface area (Å²) in [7, 11) is 0. The molecule has 0 bridgehead atoms. The number of hydrogen-bond donors (Lipinski definition) is 0. The smallest absolute Gasteiger partial charge is 0.101 e. The van der Waals surface area contributed by atoms with Crippen LogP contribution in [0.5, 0.6) is 0 Å². The molecule has 1 rings (SSSR count). The van der Waals surface area contributed by atoms with Gasteiger partial charge in [-0.2, -0.15) is 0 Å². The average molecular weight is 645 g/mol. The fraction of sp³-hybridized carbons (Fsp3) is 0.955. The molecule has 2 heteroatoms. The molecule has 274 valence electrons. The van der Waals surface area contributed by atoms with Crippen LogP contribution < -0.4 is 0 Å². The molecule has 1 aliphatic rings. The Labute approximate surface area is 292 Å². The highest BCUT2D eigenvalue weighted by Crippen LogP contribution is 2.23. The van der Waals surface area contributed by atoms with Crippen molar-refractivity contribution in [2.45, 2.75) is 258 Å². The Kier molecular flexibility index (Phi) is 33.6. The second kappa shape index (κ2) is 35.6. The molecule has 0 N–H and O–H groups in total. The zero-order valence-corrected chi connectivity index (χ0v) is 32.5. The number of nitrogens with zero attached hydrogens (tertiary/aromatic N) is 2. The second-order valence-electron chi connectivity index (χ2n) is 15.4. The highest BCUT2D eigenvalue weighted by molar-refractivity contribution is 4.96. The summed E-state index contributed by atoms with van der Waals surface area (Å²) >= 11 is 0. The summed E-state index contributed by atoms with van der Waals surface area (Å²) in [5, 5.41) is 0. The molecule has 0 fully saturated rings. The van der Waals surface area contributed by atoms with Crippen LogP contribution in [0.25, 0.3) is 0 Å². The summed E-state index contributed by atoms with van der Waals surface area (Å²) in [5.41, 5.74) is 0. The molecule has 0 aromatic carbocycles. The van der Waals surface area contributed by atoms with Gasteiger partial charge in [-0.1, -0.05) is 226 Å². The summed E-state index contributed by atoms with van der Waals surface area (Å²) in [4.78, 5) is 5.33. The molecule has 0 spiro atoms. The van der Waals surface area contributed by atoms with Gasteiger partial charge in [-0.05, 0) is 25.7 Å². The van der Waals surface area contributed by atoms with Crippen LogP contribution in [0.15, 0.2) is 12.4 Å². The first-order valence-corrected chi connectivity index (χ1v) is 22.0. The van der Waals surface area contributed by atoms with Crippen molar-refractivity contribution in [2.24, 2.45) is 0 Å².